The second kappa shape index (κ2) is 6.05. The third kappa shape index (κ3) is 2.99. The van der Waals surface area contributed by atoms with E-state index in [1.54, 1.807) is 31.2 Å². The fraction of sp³-hybridized carbons (Fsp3) is 0.357. The van der Waals surface area contributed by atoms with Gasteiger partial charge in [-0.3, -0.25) is 19.3 Å². The van der Waals surface area contributed by atoms with Crippen molar-refractivity contribution < 1.29 is 14.4 Å². The molecule has 0 spiro atoms. The minimum Gasteiger partial charge on any atom is -0.324 e. The summed E-state index contributed by atoms with van der Waals surface area (Å²) in [6.45, 7) is 1.77. The van der Waals surface area contributed by atoms with Gasteiger partial charge in [0.05, 0.1) is 0 Å². The summed E-state index contributed by atoms with van der Waals surface area (Å²) in [7, 11) is 0. The van der Waals surface area contributed by atoms with Gasteiger partial charge in [-0.1, -0.05) is 18.5 Å². The summed E-state index contributed by atoms with van der Waals surface area (Å²) in [5.41, 5.74) is 0.581. The molecule has 20 heavy (non-hydrogen) atoms. The highest BCUT2D eigenvalue weighted by Crippen LogP contribution is 2.19. The Morgan fingerprint density at radius 3 is 2.30 bits per heavy atom. The minimum atomic E-state index is -0.756. The van der Waals surface area contributed by atoms with Gasteiger partial charge in [-0.2, -0.15) is 0 Å². The van der Waals surface area contributed by atoms with Crippen molar-refractivity contribution in [3.8, 4) is 0 Å². The quantitative estimate of drug-likeness (QED) is 0.866. The molecule has 1 aliphatic rings. The normalized spacial score (nSPS) is 16.4. The van der Waals surface area contributed by atoms with E-state index in [-0.39, 0.29) is 30.6 Å². The van der Waals surface area contributed by atoms with Crippen LogP contribution in [-0.4, -0.2) is 28.7 Å². The van der Waals surface area contributed by atoms with Gasteiger partial charge < -0.3 is 5.32 Å². The summed E-state index contributed by atoms with van der Waals surface area (Å²) < 4.78 is 0. The van der Waals surface area contributed by atoms with Crippen LogP contribution in [0, 0.1) is 0 Å². The van der Waals surface area contributed by atoms with Crippen molar-refractivity contribution in [2.24, 2.45) is 0 Å². The number of amides is 3. The lowest BCUT2D eigenvalue weighted by Crippen LogP contribution is -2.46. The number of carbonyl (C=O) groups is 3. The van der Waals surface area contributed by atoms with E-state index in [0.717, 1.165) is 4.90 Å². The molecule has 1 atom stereocenters. The highest BCUT2D eigenvalue weighted by atomic mass is 35.5. The fourth-order valence-electron chi connectivity index (χ4n) is 2.19. The molecule has 3 amide bonds. The molecular formula is C14H15ClN2O3. The van der Waals surface area contributed by atoms with Gasteiger partial charge in [-0.05, 0) is 30.7 Å². The van der Waals surface area contributed by atoms with Gasteiger partial charge in [0.15, 0.2) is 0 Å². The molecule has 0 saturated carbocycles. The highest BCUT2D eigenvalue weighted by Gasteiger charge is 2.37. The molecule has 1 fully saturated rings. The molecule has 1 aromatic rings. The molecule has 1 N–H and O–H groups in total. The molecule has 2 rings (SSSR count). The Bertz CT molecular complexity index is 526. The number of carbonyl (C=O) groups excluding carboxylic acids is 3. The second-order valence-electron chi connectivity index (χ2n) is 4.58. The average molecular weight is 295 g/mol. The van der Waals surface area contributed by atoms with Gasteiger partial charge in [0.25, 0.3) is 0 Å². The number of imide groups is 1. The van der Waals surface area contributed by atoms with E-state index < -0.39 is 6.04 Å². The Kier molecular flexibility index (Phi) is 4.39. The first-order valence-corrected chi connectivity index (χ1v) is 6.82. The van der Waals surface area contributed by atoms with Crippen LogP contribution in [0.15, 0.2) is 24.3 Å². The molecule has 5 nitrogen and oxygen atoms in total. The maximum Gasteiger partial charge on any atom is 0.247 e. The number of halogens is 1. The summed E-state index contributed by atoms with van der Waals surface area (Å²) in [4.78, 5) is 36.7. The van der Waals surface area contributed by atoms with Crippen molar-refractivity contribution in [1.29, 1.82) is 0 Å². The first-order chi connectivity index (χ1) is 9.52. The van der Waals surface area contributed by atoms with Gasteiger partial charge in [0.1, 0.15) is 6.04 Å². The van der Waals surface area contributed by atoms with Crippen LogP contribution in [0.5, 0.6) is 0 Å². The van der Waals surface area contributed by atoms with Crippen LogP contribution in [0.1, 0.15) is 26.2 Å². The summed E-state index contributed by atoms with van der Waals surface area (Å²) in [6, 6.07) is 5.89. The number of hydrogen-bond acceptors (Lipinski definition) is 3. The molecule has 6 heteroatoms. The lowest BCUT2D eigenvalue weighted by Gasteiger charge is -2.24. The lowest BCUT2D eigenvalue weighted by atomic mass is 10.1. The van der Waals surface area contributed by atoms with Gasteiger partial charge in [-0.25, -0.2) is 0 Å². The van der Waals surface area contributed by atoms with Crippen molar-refractivity contribution in [3.63, 3.8) is 0 Å². The molecule has 0 radical (unpaired) electrons. The standard InChI is InChI=1S/C14H15ClN2O3/c1-2-11(17-12(18)7-8-13(17)19)14(20)16-10-5-3-9(15)4-6-10/h3-6,11H,2,7-8H2,1H3,(H,16,20). The largest absolute Gasteiger partial charge is 0.324 e. The third-order valence-corrected chi connectivity index (χ3v) is 3.45. The van der Waals surface area contributed by atoms with Crippen molar-refractivity contribution in [3.05, 3.63) is 29.3 Å². The first kappa shape index (κ1) is 14.5. The zero-order chi connectivity index (χ0) is 14.7. The van der Waals surface area contributed by atoms with Gasteiger partial charge in [0.2, 0.25) is 17.7 Å². The Balaban J connectivity index is 2.11. The maximum absolute atomic E-state index is 12.2. The number of anilines is 1. The van der Waals surface area contributed by atoms with E-state index in [4.69, 9.17) is 11.6 Å². The smallest absolute Gasteiger partial charge is 0.247 e. The molecule has 1 aromatic carbocycles. The van der Waals surface area contributed by atoms with Crippen molar-refractivity contribution in [2.75, 3.05) is 5.32 Å². The molecule has 0 bridgehead atoms. The van der Waals surface area contributed by atoms with Crippen LogP contribution >= 0.6 is 11.6 Å². The Morgan fingerprint density at radius 2 is 1.80 bits per heavy atom. The average Bonchev–Trinajstić information content (AvgIpc) is 2.74. The molecular weight excluding hydrogens is 280 g/mol. The number of rotatable bonds is 4. The van der Waals surface area contributed by atoms with Gasteiger partial charge in [0, 0.05) is 23.6 Å². The molecule has 1 heterocycles. The van der Waals surface area contributed by atoms with Crippen molar-refractivity contribution in [2.45, 2.75) is 32.2 Å². The number of hydrogen-bond donors (Lipinski definition) is 1. The SMILES string of the molecule is CCC(C(=O)Nc1ccc(Cl)cc1)N1C(=O)CCC1=O. The fourth-order valence-corrected chi connectivity index (χ4v) is 2.31. The van der Waals surface area contributed by atoms with Crippen LogP contribution in [0.3, 0.4) is 0 Å². The van der Waals surface area contributed by atoms with Crippen LogP contribution in [0.25, 0.3) is 0 Å². The highest BCUT2D eigenvalue weighted by molar-refractivity contribution is 6.30. The summed E-state index contributed by atoms with van der Waals surface area (Å²) >= 11 is 5.77. The molecule has 0 aliphatic carbocycles. The molecule has 1 aliphatic heterocycles. The monoisotopic (exact) mass is 294 g/mol. The van der Waals surface area contributed by atoms with Crippen LogP contribution < -0.4 is 5.32 Å². The number of benzene rings is 1. The summed E-state index contributed by atoms with van der Waals surface area (Å²) in [6.07, 6.45) is 0.754. The van der Waals surface area contributed by atoms with E-state index in [9.17, 15) is 14.4 Å². The zero-order valence-electron chi connectivity index (χ0n) is 11.1. The number of nitrogens with zero attached hydrogens (tertiary/aromatic N) is 1. The van der Waals surface area contributed by atoms with Crippen LogP contribution in [0.2, 0.25) is 5.02 Å². The molecule has 106 valence electrons. The van der Waals surface area contributed by atoms with E-state index in [1.807, 2.05) is 0 Å². The molecule has 1 saturated heterocycles. The Labute approximate surface area is 121 Å². The van der Waals surface area contributed by atoms with Gasteiger partial charge >= 0.3 is 0 Å². The van der Waals surface area contributed by atoms with E-state index >= 15 is 0 Å². The predicted octanol–water partition coefficient (Wildman–Crippen LogP) is 2.21. The first-order valence-electron chi connectivity index (χ1n) is 6.44. The van der Waals surface area contributed by atoms with Crippen molar-refractivity contribution in [1.82, 2.24) is 4.90 Å². The predicted molar refractivity (Wildman–Crippen MR) is 75.2 cm³/mol. The van der Waals surface area contributed by atoms with E-state index in [2.05, 4.69) is 5.32 Å². The maximum atomic E-state index is 12.2. The number of likely N-dealkylation sites (tertiary alicyclic amines) is 1. The Morgan fingerprint density at radius 1 is 1.25 bits per heavy atom. The van der Waals surface area contributed by atoms with E-state index in [1.165, 1.54) is 0 Å². The third-order valence-electron chi connectivity index (χ3n) is 3.20. The summed E-state index contributed by atoms with van der Waals surface area (Å²) in [5.74, 6) is -0.931. The van der Waals surface area contributed by atoms with E-state index in [0.29, 0.717) is 17.1 Å². The molecule has 1 unspecified atom stereocenters. The van der Waals surface area contributed by atoms with Crippen LogP contribution in [0.4, 0.5) is 5.69 Å². The lowest BCUT2D eigenvalue weighted by molar-refractivity contribution is -0.145. The van der Waals surface area contributed by atoms with Crippen LogP contribution in [-0.2, 0) is 14.4 Å². The van der Waals surface area contributed by atoms with Crippen molar-refractivity contribution >= 4 is 35.0 Å². The minimum absolute atomic E-state index is 0.184. The Hall–Kier alpha value is -1.88. The summed E-state index contributed by atoms with van der Waals surface area (Å²) in [5, 5.41) is 3.26. The molecule has 0 aromatic heterocycles. The topological polar surface area (TPSA) is 66.5 Å². The second-order valence-corrected chi connectivity index (χ2v) is 5.01. The van der Waals surface area contributed by atoms with Gasteiger partial charge in [-0.15, -0.1) is 0 Å². The zero-order valence-corrected chi connectivity index (χ0v) is 11.8. The number of nitrogens with one attached hydrogen (secondary N) is 1.